The van der Waals surface area contributed by atoms with Gasteiger partial charge in [0.25, 0.3) is 0 Å². The third-order valence-corrected chi connectivity index (χ3v) is 4.05. The van der Waals surface area contributed by atoms with Gasteiger partial charge >= 0.3 is 6.18 Å². The first kappa shape index (κ1) is 13.7. The van der Waals surface area contributed by atoms with Gasteiger partial charge in [0.15, 0.2) is 9.84 Å². The Labute approximate surface area is 108 Å². The van der Waals surface area contributed by atoms with E-state index in [0.717, 1.165) is 17.5 Å². The van der Waals surface area contributed by atoms with Crippen LogP contribution in [0.1, 0.15) is 5.56 Å². The Hall–Kier alpha value is -1.70. The van der Waals surface area contributed by atoms with Crippen molar-refractivity contribution in [2.45, 2.75) is 12.2 Å². The summed E-state index contributed by atoms with van der Waals surface area (Å²) in [5, 5.41) is 3.86. The van der Waals surface area contributed by atoms with Gasteiger partial charge < -0.3 is 11.1 Å². The summed E-state index contributed by atoms with van der Waals surface area (Å²) in [6.07, 6.45) is -3.02. The molecule has 3 N–H and O–H groups in total. The van der Waals surface area contributed by atoms with Crippen molar-refractivity contribution in [2.24, 2.45) is 0 Å². The molecule has 1 aliphatic heterocycles. The van der Waals surface area contributed by atoms with Gasteiger partial charge in [-0.15, -0.1) is 0 Å². The van der Waals surface area contributed by atoms with Crippen molar-refractivity contribution in [1.29, 1.82) is 0 Å². The highest BCUT2D eigenvalue weighted by Crippen LogP contribution is 2.33. The van der Waals surface area contributed by atoms with Gasteiger partial charge in [0.05, 0.1) is 28.7 Å². The topological polar surface area (TPSA) is 72.2 Å². The zero-order chi connectivity index (χ0) is 14.3. The molecule has 1 heterocycles. The van der Waals surface area contributed by atoms with E-state index in [1.54, 1.807) is 0 Å². The Morgan fingerprint density at radius 3 is 2.47 bits per heavy atom. The summed E-state index contributed by atoms with van der Waals surface area (Å²) in [5.74, 6) is -0.131. The number of hydrogen-bond donors (Lipinski definition) is 2. The molecule has 0 spiro atoms. The van der Waals surface area contributed by atoms with Crippen LogP contribution < -0.4 is 11.1 Å². The third-order valence-electron chi connectivity index (χ3n) is 2.65. The smallest absolute Gasteiger partial charge is 0.397 e. The summed E-state index contributed by atoms with van der Waals surface area (Å²) >= 11 is 0. The van der Waals surface area contributed by atoms with Crippen LogP contribution in [0.15, 0.2) is 29.7 Å². The largest absolute Gasteiger partial charge is 0.416 e. The van der Waals surface area contributed by atoms with E-state index < -0.39 is 27.6 Å². The van der Waals surface area contributed by atoms with Gasteiger partial charge in [-0.25, -0.2) is 8.42 Å². The maximum absolute atomic E-state index is 12.4. The van der Waals surface area contributed by atoms with Gasteiger partial charge in [-0.1, -0.05) is 6.08 Å². The molecule has 2 rings (SSSR count). The van der Waals surface area contributed by atoms with Crippen LogP contribution in [-0.4, -0.2) is 20.2 Å². The van der Waals surface area contributed by atoms with E-state index in [0.29, 0.717) is 0 Å². The fraction of sp³-hybridized carbons (Fsp3) is 0.273. The maximum atomic E-state index is 12.4. The lowest BCUT2D eigenvalue weighted by Gasteiger charge is -2.15. The van der Waals surface area contributed by atoms with E-state index >= 15 is 0 Å². The second-order valence-corrected chi connectivity index (χ2v) is 6.14. The average Bonchev–Trinajstić information content (AvgIpc) is 2.59. The van der Waals surface area contributed by atoms with E-state index in [-0.39, 0.29) is 17.1 Å². The first-order valence-electron chi connectivity index (χ1n) is 5.31. The Bertz CT molecular complexity index is 623. The number of alkyl halides is 3. The third kappa shape index (κ3) is 3.19. The minimum absolute atomic E-state index is 0.0764. The lowest BCUT2D eigenvalue weighted by Crippen LogP contribution is -2.21. The van der Waals surface area contributed by atoms with Crippen molar-refractivity contribution in [3.63, 3.8) is 0 Å². The fourth-order valence-electron chi connectivity index (χ4n) is 1.74. The van der Waals surface area contributed by atoms with Gasteiger partial charge in [0.1, 0.15) is 0 Å². The molecule has 4 nitrogen and oxygen atoms in total. The molecule has 1 atom stereocenters. The molecule has 1 unspecified atom stereocenters. The first-order valence-corrected chi connectivity index (χ1v) is 7.03. The molecule has 1 aromatic rings. The van der Waals surface area contributed by atoms with Crippen molar-refractivity contribution in [3.05, 3.63) is 35.2 Å². The second kappa shape index (κ2) is 4.44. The molecular weight excluding hydrogens is 281 g/mol. The normalized spacial score (nSPS) is 21.5. The minimum atomic E-state index is -4.46. The van der Waals surface area contributed by atoms with Crippen LogP contribution in [0, 0.1) is 0 Å². The number of sulfone groups is 1. The van der Waals surface area contributed by atoms with Gasteiger partial charge in [0.2, 0.25) is 0 Å². The minimum Gasteiger partial charge on any atom is -0.397 e. The van der Waals surface area contributed by atoms with Gasteiger partial charge in [-0.3, -0.25) is 0 Å². The van der Waals surface area contributed by atoms with Crippen LogP contribution in [0.4, 0.5) is 24.5 Å². The van der Waals surface area contributed by atoms with Crippen LogP contribution in [0.2, 0.25) is 0 Å². The summed E-state index contributed by atoms with van der Waals surface area (Å²) in [4.78, 5) is 0. The molecule has 8 heteroatoms. The fourth-order valence-corrected chi connectivity index (χ4v) is 2.97. The lowest BCUT2D eigenvalue weighted by molar-refractivity contribution is -0.137. The predicted octanol–water partition coefficient (Wildman–Crippen LogP) is 2.01. The van der Waals surface area contributed by atoms with Gasteiger partial charge in [-0.05, 0) is 18.2 Å². The quantitative estimate of drug-likeness (QED) is 0.818. The molecule has 0 radical (unpaired) electrons. The molecule has 0 saturated heterocycles. The molecule has 0 fully saturated rings. The average molecular weight is 292 g/mol. The molecule has 0 bridgehead atoms. The van der Waals surface area contributed by atoms with Crippen LogP contribution in [0.3, 0.4) is 0 Å². The number of anilines is 2. The number of nitrogens with one attached hydrogen (secondary N) is 1. The number of hydrogen-bond acceptors (Lipinski definition) is 4. The number of nitrogen functional groups attached to an aromatic ring is 1. The van der Waals surface area contributed by atoms with E-state index in [1.165, 1.54) is 12.1 Å². The Balaban J connectivity index is 2.17. The Morgan fingerprint density at radius 2 is 2.00 bits per heavy atom. The molecule has 1 aromatic carbocycles. The number of rotatable bonds is 2. The maximum Gasteiger partial charge on any atom is 0.416 e. The van der Waals surface area contributed by atoms with Crippen molar-refractivity contribution in [1.82, 2.24) is 0 Å². The molecule has 104 valence electrons. The van der Waals surface area contributed by atoms with Crippen molar-refractivity contribution >= 4 is 21.2 Å². The molecule has 0 aliphatic carbocycles. The molecule has 0 saturated carbocycles. The van der Waals surface area contributed by atoms with E-state index in [9.17, 15) is 21.6 Å². The van der Waals surface area contributed by atoms with E-state index in [1.807, 2.05) is 0 Å². The predicted molar refractivity (Wildman–Crippen MR) is 66.2 cm³/mol. The number of nitrogens with two attached hydrogens (primary N) is 1. The Morgan fingerprint density at radius 1 is 1.32 bits per heavy atom. The van der Waals surface area contributed by atoms with Crippen LogP contribution in [0.25, 0.3) is 0 Å². The zero-order valence-corrected chi connectivity index (χ0v) is 10.4. The van der Waals surface area contributed by atoms with E-state index in [2.05, 4.69) is 5.32 Å². The van der Waals surface area contributed by atoms with E-state index in [4.69, 9.17) is 5.73 Å². The monoisotopic (exact) mass is 292 g/mol. The summed E-state index contributed by atoms with van der Waals surface area (Å²) in [6, 6.07) is 2.42. The van der Waals surface area contributed by atoms with Gasteiger partial charge in [-0.2, -0.15) is 13.2 Å². The SMILES string of the molecule is Nc1cc(C(F)(F)F)ccc1NC1C=CS(=O)(=O)C1. The van der Waals surface area contributed by atoms with Gasteiger partial charge in [0, 0.05) is 5.41 Å². The molecule has 1 aliphatic rings. The molecule has 19 heavy (non-hydrogen) atoms. The Kier molecular flexibility index (Phi) is 3.21. The highest BCUT2D eigenvalue weighted by atomic mass is 32.2. The molecular formula is C11H11F3N2O2S. The van der Waals surface area contributed by atoms with Crippen LogP contribution >= 0.6 is 0 Å². The number of benzene rings is 1. The lowest BCUT2D eigenvalue weighted by atomic mass is 10.1. The second-order valence-electron chi connectivity index (χ2n) is 4.21. The molecule has 0 aromatic heterocycles. The van der Waals surface area contributed by atoms with Crippen LogP contribution in [-0.2, 0) is 16.0 Å². The zero-order valence-electron chi connectivity index (χ0n) is 9.61. The van der Waals surface area contributed by atoms with Crippen molar-refractivity contribution < 1.29 is 21.6 Å². The summed E-state index contributed by atoms with van der Waals surface area (Å²) in [6.45, 7) is 0. The highest BCUT2D eigenvalue weighted by molar-refractivity contribution is 7.94. The van der Waals surface area contributed by atoms with Crippen LogP contribution in [0.5, 0.6) is 0 Å². The standard InChI is InChI=1S/C11H11F3N2O2S/c12-11(13,14)7-1-2-10(9(15)5-7)16-8-3-4-19(17,18)6-8/h1-5,8,16H,6,15H2. The summed E-state index contributed by atoms with van der Waals surface area (Å²) in [5.41, 5.74) is 4.89. The number of halogens is 3. The van der Waals surface area contributed by atoms with Crippen molar-refractivity contribution in [3.8, 4) is 0 Å². The summed E-state index contributed by atoms with van der Waals surface area (Å²) < 4.78 is 59.7. The summed E-state index contributed by atoms with van der Waals surface area (Å²) in [7, 11) is -3.22. The van der Waals surface area contributed by atoms with Crippen molar-refractivity contribution in [2.75, 3.05) is 16.8 Å². The first-order chi connectivity index (χ1) is 8.67. The molecule has 0 amide bonds. The highest BCUT2D eigenvalue weighted by Gasteiger charge is 2.31.